The van der Waals surface area contributed by atoms with Crippen molar-refractivity contribution in [1.82, 2.24) is 30.4 Å². The van der Waals surface area contributed by atoms with Crippen LogP contribution in [0.25, 0.3) is 11.1 Å². The molecular weight excluding hydrogens is 624 g/mol. The predicted molar refractivity (Wildman–Crippen MR) is 174 cm³/mol. The average molecular weight is 659 g/mol. The van der Waals surface area contributed by atoms with Crippen LogP contribution in [-0.4, -0.2) is 78.2 Å². The second kappa shape index (κ2) is 13.9. The van der Waals surface area contributed by atoms with Crippen LogP contribution in [0.1, 0.15) is 46.4 Å². The number of carbonyl (C=O) groups is 3. The SMILES string of the molecule is CCS(=O)(=O)c1ccnc(CN(C)C(=O)c2ccc(-c3cccc(Nc4cc(NC(=O)C5CC5)nnc4C(=O)NC)c3OC)cn2)c1. The quantitative estimate of drug-likeness (QED) is 0.202. The largest absolute Gasteiger partial charge is 0.494 e. The summed E-state index contributed by atoms with van der Waals surface area (Å²) < 4.78 is 30.3. The van der Waals surface area contributed by atoms with E-state index >= 15 is 0 Å². The fourth-order valence-corrected chi connectivity index (χ4v) is 5.65. The van der Waals surface area contributed by atoms with Crippen LogP contribution >= 0.6 is 0 Å². The number of hydrogen-bond donors (Lipinski definition) is 3. The van der Waals surface area contributed by atoms with Gasteiger partial charge in [-0.25, -0.2) is 8.42 Å². The maximum absolute atomic E-state index is 13.2. The van der Waals surface area contributed by atoms with Crippen LogP contribution in [0.5, 0.6) is 5.75 Å². The normalized spacial score (nSPS) is 12.6. The summed E-state index contributed by atoms with van der Waals surface area (Å²) in [7, 11) is 1.16. The van der Waals surface area contributed by atoms with Gasteiger partial charge in [0.1, 0.15) is 11.4 Å². The zero-order chi connectivity index (χ0) is 33.7. The summed E-state index contributed by atoms with van der Waals surface area (Å²) in [5.74, 6) is -0.436. The molecule has 0 radical (unpaired) electrons. The molecule has 0 spiro atoms. The summed E-state index contributed by atoms with van der Waals surface area (Å²) in [6.45, 7) is 1.66. The van der Waals surface area contributed by atoms with E-state index in [1.165, 1.54) is 43.5 Å². The Hall–Kier alpha value is -5.44. The zero-order valence-electron chi connectivity index (χ0n) is 26.3. The molecule has 0 atom stereocenters. The number of para-hydroxylation sites is 1. The van der Waals surface area contributed by atoms with E-state index in [0.717, 1.165) is 12.8 Å². The number of hydrogen-bond acceptors (Lipinski definition) is 11. The average Bonchev–Trinajstić information content (AvgIpc) is 3.94. The predicted octanol–water partition coefficient (Wildman–Crippen LogP) is 3.46. The molecule has 14 nitrogen and oxygen atoms in total. The van der Waals surface area contributed by atoms with Gasteiger partial charge in [0.05, 0.1) is 41.4 Å². The van der Waals surface area contributed by atoms with Crippen molar-refractivity contribution in [1.29, 1.82) is 0 Å². The molecule has 0 unspecified atom stereocenters. The molecule has 244 valence electrons. The maximum Gasteiger partial charge on any atom is 0.273 e. The Morgan fingerprint density at radius 1 is 1.02 bits per heavy atom. The smallest absolute Gasteiger partial charge is 0.273 e. The Labute approximate surface area is 271 Å². The van der Waals surface area contributed by atoms with Gasteiger partial charge in [0.25, 0.3) is 11.8 Å². The molecule has 4 aromatic rings. The Bertz CT molecular complexity index is 1930. The van der Waals surface area contributed by atoms with Crippen molar-refractivity contribution >= 4 is 44.8 Å². The van der Waals surface area contributed by atoms with Crippen molar-refractivity contribution in [3.05, 3.63) is 78.0 Å². The van der Waals surface area contributed by atoms with Crippen LogP contribution in [0, 0.1) is 5.92 Å². The minimum Gasteiger partial charge on any atom is -0.494 e. The molecule has 3 N–H and O–H groups in total. The van der Waals surface area contributed by atoms with Crippen molar-refractivity contribution in [2.45, 2.75) is 31.2 Å². The number of ether oxygens (including phenoxy) is 1. The highest BCUT2D eigenvalue weighted by Gasteiger charge is 2.30. The summed E-state index contributed by atoms with van der Waals surface area (Å²) >= 11 is 0. The second-order valence-corrected chi connectivity index (χ2v) is 13.1. The number of nitrogens with zero attached hydrogens (tertiary/aromatic N) is 5. The third-order valence-electron chi connectivity index (χ3n) is 7.49. The highest BCUT2D eigenvalue weighted by molar-refractivity contribution is 7.91. The summed E-state index contributed by atoms with van der Waals surface area (Å²) in [6, 6.07) is 13.1. The van der Waals surface area contributed by atoms with E-state index < -0.39 is 15.7 Å². The lowest BCUT2D eigenvalue weighted by molar-refractivity contribution is -0.117. The molecular formula is C32H34N8O6S. The van der Waals surface area contributed by atoms with Crippen molar-refractivity contribution in [2.24, 2.45) is 5.92 Å². The van der Waals surface area contributed by atoms with E-state index in [9.17, 15) is 22.8 Å². The van der Waals surface area contributed by atoms with Crippen LogP contribution in [-0.2, 0) is 21.2 Å². The lowest BCUT2D eigenvalue weighted by Gasteiger charge is -2.18. The molecule has 1 fully saturated rings. The van der Waals surface area contributed by atoms with Gasteiger partial charge in [-0.1, -0.05) is 25.1 Å². The highest BCUT2D eigenvalue weighted by atomic mass is 32.2. The van der Waals surface area contributed by atoms with E-state index in [0.29, 0.717) is 33.9 Å². The Balaban J connectivity index is 1.37. The van der Waals surface area contributed by atoms with E-state index in [1.807, 2.05) is 6.07 Å². The Kier molecular flexibility index (Phi) is 9.75. The lowest BCUT2D eigenvalue weighted by atomic mass is 10.0. The maximum atomic E-state index is 13.2. The van der Waals surface area contributed by atoms with Crippen molar-refractivity contribution < 1.29 is 27.5 Å². The molecule has 0 aliphatic heterocycles. The van der Waals surface area contributed by atoms with Crippen molar-refractivity contribution in [2.75, 3.05) is 37.6 Å². The first-order valence-corrected chi connectivity index (χ1v) is 16.4. The molecule has 1 aromatic carbocycles. The topological polar surface area (TPSA) is 185 Å². The van der Waals surface area contributed by atoms with Gasteiger partial charge in [0.2, 0.25) is 5.91 Å². The van der Waals surface area contributed by atoms with E-state index in [2.05, 4.69) is 36.1 Å². The molecule has 1 aliphatic carbocycles. The molecule has 0 bridgehead atoms. The first-order chi connectivity index (χ1) is 22.5. The second-order valence-electron chi connectivity index (χ2n) is 10.8. The fourth-order valence-electron chi connectivity index (χ4n) is 4.73. The minimum atomic E-state index is -3.41. The number of aromatic nitrogens is 4. The van der Waals surface area contributed by atoms with Gasteiger partial charge in [-0.2, -0.15) is 0 Å². The summed E-state index contributed by atoms with van der Waals surface area (Å²) in [6.07, 6.45) is 4.61. The van der Waals surface area contributed by atoms with Crippen LogP contribution in [0.15, 0.2) is 65.8 Å². The number of carbonyl (C=O) groups excluding carboxylic acids is 3. The number of rotatable bonds is 12. The minimum absolute atomic E-state index is 0.0203. The van der Waals surface area contributed by atoms with E-state index in [1.54, 1.807) is 44.4 Å². The molecule has 47 heavy (non-hydrogen) atoms. The molecule has 3 aromatic heterocycles. The number of amides is 3. The summed E-state index contributed by atoms with van der Waals surface area (Å²) in [5, 5.41) is 16.5. The zero-order valence-corrected chi connectivity index (χ0v) is 27.1. The standard InChI is InChI=1S/C32H34N8O6S/c1-5-47(44,45)22-13-14-34-21(15-22)18-40(3)32(43)25-12-11-20(17-35-25)23-7-6-8-24(29(23)46-4)36-26-16-27(37-30(41)19-9-10-19)38-39-28(26)31(42)33-2/h6-8,11-17,19H,5,9-10,18H2,1-4H3,(H,33,42)(H2,36,37,38,41). The molecule has 1 aliphatic rings. The molecule has 5 rings (SSSR count). The fraction of sp³-hybridized carbons (Fsp3) is 0.281. The van der Waals surface area contributed by atoms with Gasteiger partial charge in [0, 0.05) is 49.6 Å². The first kappa shape index (κ1) is 32.9. The Morgan fingerprint density at radius 2 is 1.81 bits per heavy atom. The number of benzene rings is 1. The molecule has 15 heteroatoms. The van der Waals surface area contributed by atoms with Crippen LogP contribution in [0.2, 0.25) is 0 Å². The third kappa shape index (κ3) is 7.52. The van der Waals surface area contributed by atoms with Gasteiger partial charge in [-0.3, -0.25) is 24.4 Å². The third-order valence-corrected chi connectivity index (χ3v) is 9.22. The highest BCUT2D eigenvalue weighted by Crippen LogP contribution is 2.38. The van der Waals surface area contributed by atoms with Crippen LogP contribution in [0.3, 0.4) is 0 Å². The van der Waals surface area contributed by atoms with Crippen molar-refractivity contribution in [3.8, 4) is 16.9 Å². The molecule has 3 amide bonds. The number of nitrogens with one attached hydrogen (secondary N) is 3. The summed E-state index contributed by atoms with van der Waals surface area (Å²) in [4.78, 5) is 48.2. The Morgan fingerprint density at radius 3 is 2.47 bits per heavy atom. The number of pyridine rings is 2. The monoisotopic (exact) mass is 658 g/mol. The summed E-state index contributed by atoms with van der Waals surface area (Å²) in [5.41, 5.74) is 2.74. The number of methoxy groups -OCH3 is 1. The van der Waals surface area contributed by atoms with E-state index in [-0.39, 0.29) is 52.1 Å². The number of anilines is 3. The van der Waals surface area contributed by atoms with Crippen LogP contribution < -0.4 is 20.7 Å². The van der Waals surface area contributed by atoms with Crippen LogP contribution in [0.4, 0.5) is 17.2 Å². The van der Waals surface area contributed by atoms with Gasteiger partial charge in [-0.05, 0) is 37.1 Å². The van der Waals surface area contributed by atoms with Gasteiger partial charge < -0.3 is 25.6 Å². The molecule has 3 heterocycles. The lowest BCUT2D eigenvalue weighted by Crippen LogP contribution is -2.27. The van der Waals surface area contributed by atoms with E-state index in [4.69, 9.17) is 4.74 Å². The first-order valence-electron chi connectivity index (χ1n) is 14.8. The van der Waals surface area contributed by atoms with Gasteiger partial charge >= 0.3 is 0 Å². The molecule has 0 saturated heterocycles. The molecule has 1 saturated carbocycles. The van der Waals surface area contributed by atoms with Gasteiger partial charge in [-0.15, -0.1) is 10.2 Å². The van der Waals surface area contributed by atoms with Crippen molar-refractivity contribution in [3.63, 3.8) is 0 Å². The van der Waals surface area contributed by atoms with Gasteiger partial charge in [0.15, 0.2) is 21.3 Å². The number of sulfone groups is 1.